The summed E-state index contributed by atoms with van der Waals surface area (Å²) in [5.41, 5.74) is 0. The lowest BCUT2D eigenvalue weighted by atomic mass is 10.1. The smallest absolute Gasteiger partial charge is 0.199 e. The molecule has 0 spiro atoms. The standard InChI is InChI=1S/C21H36O2Si/c1-4-5-6-7-8-11-18-24(2,3)20-15-13-19(14-16-20)23-21-12-9-10-17-22-21/h13-16,21H,4-12,17-18H2,1-3H3. The van der Waals surface area contributed by atoms with Gasteiger partial charge in [-0.2, -0.15) is 0 Å². The molecule has 3 heteroatoms. The van der Waals surface area contributed by atoms with Crippen molar-refractivity contribution in [2.45, 2.75) is 90.1 Å². The van der Waals surface area contributed by atoms with Gasteiger partial charge in [-0.1, -0.05) is 81.9 Å². The molecular weight excluding hydrogens is 312 g/mol. The van der Waals surface area contributed by atoms with Gasteiger partial charge in [0.2, 0.25) is 0 Å². The van der Waals surface area contributed by atoms with Crippen molar-refractivity contribution < 1.29 is 9.47 Å². The fourth-order valence-corrected chi connectivity index (χ4v) is 5.92. The maximum atomic E-state index is 5.95. The summed E-state index contributed by atoms with van der Waals surface area (Å²) < 4.78 is 11.6. The predicted molar refractivity (Wildman–Crippen MR) is 106 cm³/mol. The largest absolute Gasteiger partial charge is 0.465 e. The van der Waals surface area contributed by atoms with Crippen molar-refractivity contribution in [2.75, 3.05) is 6.61 Å². The summed E-state index contributed by atoms with van der Waals surface area (Å²) in [7, 11) is -1.31. The quantitative estimate of drug-likeness (QED) is 0.389. The van der Waals surface area contributed by atoms with Crippen molar-refractivity contribution in [1.29, 1.82) is 0 Å². The Balaban J connectivity index is 1.77. The third-order valence-electron chi connectivity index (χ3n) is 5.20. The molecule has 1 atom stereocenters. The first kappa shape index (κ1) is 19.5. The molecular formula is C21H36O2Si. The van der Waals surface area contributed by atoms with E-state index in [9.17, 15) is 0 Å². The monoisotopic (exact) mass is 348 g/mol. The Morgan fingerprint density at radius 3 is 2.38 bits per heavy atom. The Morgan fingerprint density at radius 2 is 1.71 bits per heavy atom. The number of rotatable bonds is 10. The van der Waals surface area contributed by atoms with Crippen LogP contribution in [0.3, 0.4) is 0 Å². The van der Waals surface area contributed by atoms with Crippen LogP contribution in [0.25, 0.3) is 0 Å². The zero-order valence-corrected chi connectivity index (χ0v) is 17.0. The van der Waals surface area contributed by atoms with Gasteiger partial charge in [0.15, 0.2) is 6.29 Å². The van der Waals surface area contributed by atoms with E-state index in [-0.39, 0.29) is 6.29 Å². The van der Waals surface area contributed by atoms with Crippen LogP contribution in [0.2, 0.25) is 19.1 Å². The van der Waals surface area contributed by atoms with Gasteiger partial charge in [0.1, 0.15) is 5.75 Å². The van der Waals surface area contributed by atoms with Gasteiger partial charge in [-0.05, 0) is 25.0 Å². The van der Waals surface area contributed by atoms with E-state index in [1.807, 2.05) is 0 Å². The van der Waals surface area contributed by atoms with Gasteiger partial charge < -0.3 is 9.47 Å². The highest BCUT2D eigenvalue weighted by atomic mass is 28.3. The van der Waals surface area contributed by atoms with Crippen molar-refractivity contribution >= 4 is 13.3 Å². The third kappa shape index (κ3) is 6.60. The van der Waals surface area contributed by atoms with E-state index >= 15 is 0 Å². The van der Waals surface area contributed by atoms with Gasteiger partial charge in [-0.3, -0.25) is 0 Å². The Labute approximate surface area is 150 Å². The Hall–Kier alpha value is -0.803. The average Bonchev–Trinajstić information content (AvgIpc) is 2.59. The predicted octanol–water partition coefficient (Wildman–Crippen LogP) is 5.87. The highest BCUT2D eigenvalue weighted by Crippen LogP contribution is 2.21. The second-order valence-corrected chi connectivity index (χ2v) is 12.7. The third-order valence-corrected chi connectivity index (χ3v) is 8.70. The molecule has 136 valence electrons. The molecule has 1 fully saturated rings. The molecule has 0 aromatic heterocycles. The minimum Gasteiger partial charge on any atom is -0.465 e. The van der Waals surface area contributed by atoms with E-state index in [0.717, 1.165) is 25.2 Å². The highest BCUT2D eigenvalue weighted by molar-refractivity contribution is 6.89. The Kier molecular flexibility index (Phi) is 8.33. The summed E-state index contributed by atoms with van der Waals surface area (Å²) in [5, 5.41) is 1.55. The molecule has 1 heterocycles. The van der Waals surface area contributed by atoms with Crippen LogP contribution < -0.4 is 9.92 Å². The molecule has 2 nitrogen and oxygen atoms in total. The first-order valence-electron chi connectivity index (χ1n) is 10.0. The molecule has 1 saturated heterocycles. The summed E-state index contributed by atoms with van der Waals surface area (Å²) in [5.74, 6) is 0.954. The van der Waals surface area contributed by atoms with E-state index in [4.69, 9.17) is 9.47 Å². The van der Waals surface area contributed by atoms with Crippen LogP contribution in [0.1, 0.15) is 64.7 Å². The summed E-state index contributed by atoms with van der Waals surface area (Å²) in [6.07, 6.45) is 11.7. The summed E-state index contributed by atoms with van der Waals surface area (Å²) in [6.45, 7) is 8.11. The van der Waals surface area contributed by atoms with Gasteiger partial charge in [-0.25, -0.2) is 0 Å². The SMILES string of the molecule is CCCCCCCC[Si](C)(C)c1ccc(OC2CCCCO2)cc1. The van der Waals surface area contributed by atoms with Gasteiger partial charge in [-0.15, -0.1) is 0 Å². The van der Waals surface area contributed by atoms with Crippen molar-refractivity contribution in [1.82, 2.24) is 0 Å². The van der Waals surface area contributed by atoms with E-state index in [2.05, 4.69) is 44.3 Å². The molecule has 1 unspecified atom stereocenters. The Morgan fingerprint density at radius 1 is 1.00 bits per heavy atom. The number of ether oxygens (including phenoxy) is 2. The lowest BCUT2D eigenvalue weighted by molar-refractivity contribution is -0.105. The van der Waals surface area contributed by atoms with Crippen LogP contribution >= 0.6 is 0 Å². The fourth-order valence-electron chi connectivity index (χ4n) is 3.43. The van der Waals surface area contributed by atoms with E-state index in [1.165, 1.54) is 51.0 Å². The molecule has 0 bridgehead atoms. The van der Waals surface area contributed by atoms with Crippen molar-refractivity contribution in [2.24, 2.45) is 0 Å². The highest BCUT2D eigenvalue weighted by Gasteiger charge is 2.23. The van der Waals surface area contributed by atoms with Gasteiger partial charge in [0.25, 0.3) is 0 Å². The molecule has 1 aromatic carbocycles. The maximum absolute atomic E-state index is 5.95. The minimum atomic E-state index is -1.31. The number of hydrogen-bond acceptors (Lipinski definition) is 2. The molecule has 1 aromatic rings. The van der Waals surface area contributed by atoms with Gasteiger partial charge in [0, 0.05) is 6.42 Å². The average molecular weight is 349 g/mol. The molecule has 1 aliphatic heterocycles. The van der Waals surface area contributed by atoms with Crippen molar-refractivity contribution in [3.05, 3.63) is 24.3 Å². The summed E-state index contributed by atoms with van der Waals surface area (Å²) in [4.78, 5) is 0. The van der Waals surface area contributed by atoms with Gasteiger partial charge in [0.05, 0.1) is 14.7 Å². The molecule has 0 N–H and O–H groups in total. The number of benzene rings is 1. The van der Waals surface area contributed by atoms with Crippen LogP contribution in [-0.2, 0) is 4.74 Å². The van der Waals surface area contributed by atoms with E-state index < -0.39 is 8.07 Å². The van der Waals surface area contributed by atoms with E-state index in [0.29, 0.717) is 0 Å². The summed E-state index contributed by atoms with van der Waals surface area (Å²) >= 11 is 0. The first-order valence-corrected chi connectivity index (χ1v) is 13.2. The van der Waals surface area contributed by atoms with Crippen LogP contribution in [0, 0.1) is 0 Å². The van der Waals surface area contributed by atoms with Crippen molar-refractivity contribution in [3.8, 4) is 5.75 Å². The number of unbranched alkanes of at least 4 members (excludes halogenated alkanes) is 5. The molecule has 0 amide bonds. The molecule has 2 rings (SSSR count). The number of hydrogen-bond donors (Lipinski definition) is 0. The van der Waals surface area contributed by atoms with Crippen molar-refractivity contribution in [3.63, 3.8) is 0 Å². The topological polar surface area (TPSA) is 18.5 Å². The Bertz CT molecular complexity index is 449. The lowest BCUT2D eigenvalue weighted by Crippen LogP contribution is -2.40. The molecule has 1 aliphatic rings. The minimum absolute atomic E-state index is 0.0435. The second-order valence-electron chi connectivity index (χ2n) is 7.84. The molecule has 0 saturated carbocycles. The summed E-state index contributed by atoms with van der Waals surface area (Å²) in [6, 6.07) is 10.3. The maximum Gasteiger partial charge on any atom is 0.199 e. The normalized spacial score (nSPS) is 18.5. The first-order chi connectivity index (χ1) is 11.6. The van der Waals surface area contributed by atoms with Gasteiger partial charge >= 0.3 is 0 Å². The molecule has 24 heavy (non-hydrogen) atoms. The van der Waals surface area contributed by atoms with E-state index in [1.54, 1.807) is 5.19 Å². The van der Waals surface area contributed by atoms with Crippen LogP contribution in [-0.4, -0.2) is 21.0 Å². The fraction of sp³-hybridized carbons (Fsp3) is 0.714. The van der Waals surface area contributed by atoms with Crippen LogP contribution in [0.15, 0.2) is 24.3 Å². The zero-order valence-electron chi connectivity index (χ0n) is 16.0. The zero-order chi connectivity index (χ0) is 17.3. The van der Waals surface area contributed by atoms with Crippen LogP contribution in [0.4, 0.5) is 0 Å². The second kappa shape index (κ2) is 10.2. The lowest BCUT2D eigenvalue weighted by Gasteiger charge is -2.25. The molecule has 0 radical (unpaired) electrons. The van der Waals surface area contributed by atoms with Crippen LogP contribution in [0.5, 0.6) is 5.75 Å². The molecule has 0 aliphatic carbocycles.